The summed E-state index contributed by atoms with van der Waals surface area (Å²) in [6.45, 7) is 0. The molecule has 1 aliphatic rings. The highest BCUT2D eigenvalue weighted by molar-refractivity contribution is 7.90. The van der Waals surface area contributed by atoms with Crippen molar-refractivity contribution < 1.29 is 13.2 Å². The molecule has 3 aromatic heterocycles. The summed E-state index contributed by atoms with van der Waals surface area (Å²) in [7, 11) is -3.77. The lowest BCUT2D eigenvalue weighted by Gasteiger charge is -2.30. The highest BCUT2D eigenvalue weighted by Crippen LogP contribution is 2.27. The van der Waals surface area contributed by atoms with Crippen LogP contribution >= 0.6 is 0 Å². The minimum atomic E-state index is -3.77. The third kappa shape index (κ3) is 5.62. The van der Waals surface area contributed by atoms with E-state index in [0.717, 1.165) is 31.2 Å². The number of nitrogens with one attached hydrogen (secondary N) is 2. The van der Waals surface area contributed by atoms with Crippen LogP contribution in [-0.2, 0) is 10.0 Å². The Balaban J connectivity index is 1.16. The van der Waals surface area contributed by atoms with Crippen LogP contribution in [0.4, 0.5) is 11.5 Å². The van der Waals surface area contributed by atoms with E-state index in [1.807, 2.05) is 12.1 Å². The number of amides is 1. The molecule has 4 N–H and O–H groups in total. The molecular formula is C30H29N7O3S. The zero-order valence-electron chi connectivity index (χ0n) is 22.1. The van der Waals surface area contributed by atoms with Crippen LogP contribution in [0.1, 0.15) is 36.0 Å². The van der Waals surface area contributed by atoms with Gasteiger partial charge in [0, 0.05) is 52.7 Å². The number of nitrogens with zero attached hydrogens (tertiary/aromatic N) is 4. The monoisotopic (exact) mass is 567 g/mol. The average Bonchev–Trinajstić information content (AvgIpc) is 3.43. The van der Waals surface area contributed by atoms with Crippen molar-refractivity contribution in [2.75, 3.05) is 11.1 Å². The Hall–Kier alpha value is -4.77. The van der Waals surface area contributed by atoms with Crippen molar-refractivity contribution in [1.82, 2.24) is 24.2 Å². The second-order valence-electron chi connectivity index (χ2n) is 10.2. The highest BCUT2D eigenvalue weighted by atomic mass is 32.2. The van der Waals surface area contributed by atoms with Crippen LogP contribution in [0, 0.1) is 0 Å². The molecule has 208 valence electrons. The number of fused-ring (bicyclic) bond motifs is 1. The second-order valence-corrected chi connectivity index (χ2v) is 12.0. The van der Waals surface area contributed by atoms with E-state index in [-0.39, 0.29) is 22.9 Å². The molecular weight excluding hydrogens is 538 g/mol. The summed E-state index contributed by atoms with van der Waals surface area (Å²) >= 11 is 0. The van der Waals surface area contributed by atoms with Crippen LogP contribution in [0.25, 0.3) is 22.3 Å². The van der Waals surface area contributed by atoms with Crippen LogP contribution in [0.2, 0.25) is 0 Å². The Labute approximate surface area is 237 Å². The number of pyridine rings is 1. The van der Waals surface area contributed by atoms with Crippen molar-refractivity contribution in [2.45, 2.75) is 42.7 Å². The number of benzene rings is 2. The zero-order chi connectivity index (χ0) is 28.4. The molecule has 1 saturated carbocycles. The van der Waals surface area contributed by atoms with E-state index in [1.54, 1.807) is 66.9 Å². The number of rotatable bonds is 7. The lowest BCUT2D eigenvalue weighted by atomic mass is 9.90. The molecule has 41 heavy (non-hydrogen) atoms. The molecule has 1 aliphatic carbocycles. The van der Waals surface area contributed by atoms with Crippen LogP contribution in [0.15, 0.2) is 96.4 Å². The first-order valence-corrected chi connectivity index (χ1v) is 14.8. The number of anilines is 2. The molecule has 10 nitrogen and oxygen atoms in total. The lowest BCUT2D eigenvalue weighted by Crippen LogP contribution is -2.41. The van der Waals surface area contributed by atoms with Crippen molar-refractivity contribution in [3.05, 3.63) is 97.1 Å². The molecule has 2 unspecified atom stereocenters. The van der Waals surface area contributed by atoms with Crippen molar-refractivity contribution >= 4 is 38.5 Å². The fourth-order valence-corrected chi connectivity index (χ4v) is 6.53. The van der Waals surface area contributed by atoms with Gasteiger partial charge in [0.05, 0.1) is 10.6 Å². The molecule has 0 spiro atoms. The molecule has 6 rings (SSSR count). The first kappa shape index (κ1) is 26.5. The maximum absolute atomic E-state index is 13.1. The maximum Gasteiger partial charge on any atom is 0.269 e. The van der Waals surface area contributed by atoms with Crippen molar-refractivity contribution in [2.24, 2.45) is 0 Å². The first-order valence-electron chi connectivity index (χ1n) is 13.4. The Morgan fingerprint density at radius 3 is 2.51 bits per heavy atom. The molecule has 0 aliphatic heterocycles. The zero-order valence-corrected chi connectivity index (χ0v) is 23.0. The van der Waals surface area contributed by atoms with Gasteiger partial charge in [0.2, 0.25) is 0 Å². The predicted molar refractivity (Wildman–Crippen MR) is 158 cm³/mol. The second kappa shape index (κ2) is 11.0. The molecule has 0 radical (unpaired) electrons. The molecule has 2 atom stereocenters. The Kier molecular flexibility index (Phi) is 7.10. The minimum Gasteiger partial charge on any atom is -0.399 e. The van der Waals surface area contributed by atoms with Gasteiger partial charge in [-0.2, -0.15) is 0 Å². The third-order valence-electron chi connectivity index (χ3n) is 7.29. The van der Waals surface area contributed by atoms with Gasteiger partial charge in [0.15, 0.2) is 5.65 Å². The van der Waals surface area contributed by atoms with Gasteiger partial charge in [-0.1, -0.05) is 18.2 Å². The number of nitrogen functional groups attached to an aromatic ring is 1. The van der Waals surface area contributed by atoms with E-state index in [9.17, 15) is 13.2 Å². The normalized spacial score (nSPS) is 17.3. The summed E-state index contributed by atoms with van der Waals surface area (Å²) in [6, 6.07) is 20.8. The van der Waals surface area contributed by atoms with Gasteiger partial charge in [-0.3, -0.25) is 4.79 Å². The summed E-state index contributed by atoms with van der Waals surface area (Å²) in [4.78, 5) is 26.2. The Morgan fingerprint density at radius 1 is 0.927 bits per heavy atom. The molecule has 0 bridgehead atoms. The quantitative estimate of drug-likeness (QED) is 0.244. The van der Waals surface area contributed by atoms with E-state index < -0.39 is 10.0 Å². The topological polar surface area (TPSA) is 145 Å². The van der Waals surface area contributed by atoms with E-state index >= 15 is 0 Å². The van der Waals surface area contributed by atoms with Crippen LogP contribution in [0.5, 0.6) is 0 Å². The van der Waals surface area contributed by atoms with Crippen molar-refractivity contribution in [1.29, 1.82) is 0 Å². The van der Waals surface area contributed by atoms with Gasteiger partial charge in [0.1, 0.15) is 12.1 Å². The molecule has 1 amide bonds. The third-order valence-corrected chi connectivity index (χ3v) is 8.97. The smallest absolute Gasteiger partial charge is 0.269 e. The molecule has 1 fully saturated rings. The maximum atomic E-state index is 13.1. The molecule has 3 heterocycles. The van der Waals surface area contributed by atoms with Gasteiger partial charge in [-0.05, 0) is 74.2 Å². The number of hydrogen-bond donors (Lipinski definition) is 3. The lowest BCUT2D eigenvalue weighted by molar-refractivity contribution is 0.0926. The minimum absolute atomic E-state index is 0.0513. The van der Waals surface area contributed by atoms with Crippen LogP contribution in [0.3, 0.4) is 0 Å². The van der Waals surface area contributed by atoms with Crippen LogP contribution < -0.4 is 16.4 Å². The van der Waals surface area contributed by atoms with E-state index in [1.165, 1.54) is 16.5 Å². The van der Waals surface area contributed by atoms with Gasteiger partial charge < -0.3 is 16.4 Å². The summed E-state index contributed by atoms with van der Waals surface area (Å²) in [5, 5.41) is 7.32. The number of hydrogen-bond acceptors (Lipinski definition) is 8. The SMILES string of the molecule is Nc1ccc(C(=O)NC2CCCC(Nc3cc(-c4cnc5c(ccn5S(=O)(=O)c5ccccc5)c4)ncn3)C2)cc1. The van der Waals surface area contributed by atoms with Gasteiger partial charge in [-0.15, -0.1) is 0 Å². The van der Waals surface area contributed by atoms with Crippen molar-refractivity contribution in [3.8, 4) is 11.3 Å². The first-order chi connectivity index (χ1) is 19.9. The summed E-state index contributed by atoms with van der Waals surface area (Å²) in [5.74, 6) is 0.572. The highest BCUT2D eigenvalue weighted by Gasteiger charge is 2.24. The molecule has 5 aromatic rings. The predicted octanol–water partition coefficient (Wildman–Crippen LogP) is 4.47. The van der Waals surface area contributed by atoms with Gasteiger partial charge in [0.25, 0.3) is 15.9 Å². The summed E-state index contributed by atoms with van der Waals surface area (Å²) in [6.07, 6.45) is 8.26. The Morgan fingerprint density at radius 2 is 1.71 bits per heavy atom. The van der Waals surface area contributed by atoms with E-state index in [2.05, 4.69) is 25.6 Å². The van der Waals surface area contributed by atoms with Gasteiger partial charge >= 0.3 is 0 Å². The number of carbonyl (C=O) groups is 1. The average molecular weight is 568 g/mol. The number of aromatic nitrogens is 4. The fourth-order valence-electron chi connectivity index (χ4n) is 5.20. The summed E-state index contributed by atoms with van der Waals surface area (Å²) in [5.41, 5.74) is 8.71. The van der Waals surface area contributed by atoms with E-state index in [0.29, 0.717) is 33.8 Å². The van der Waals surface area contributed by atoms with E-state index in [4.69, 9.17) is 5.73 Å². The molecule has 2 aromatic carbocycles. The summed E-state index contributed by atoms with van der Waals surface area (Å²) < 4.78 is 27.5. The number of nitrogens with two attached hydrogens (primary N) is 1. The molecule has 11 heteroatoms. The fraction of sp³-hybridized carbons (Fsp3) is 0.200. The van der Waals surface area contributed by atoms with Crippen LogP contribution in [-0.4, -0.2) is 45.3 Å². The van der Waals surface area contributed by atoms with Crippen molar-refractivity contribution in [3.63, 3.8) is 0 Å². The molecule has 0 saturated heterocycles. The largest absolute Gasteiger partial charge is 0.399 e. The van der Waals surface area contributed by atoms with Gasteiger partial charge in [-0.25, -0.2) is 27.3 Å². The Bertz CT molecular complexity index is 1810. The standard InChI is InChI=1S/C30H29N7O3S/c31-23-11-9-20(10-12-23)30(38)36-25-6-4-5-24(16-25)35-28-17-27(33-19-34-28)22-15-21-13-14-37(29(21)32-18-22)41(39,40)26-7-2-1-3-8-26/h1-3,7-15,17-19,24-25H,4-6,16,31H2,(H,36,38)(H,33,34,35). The number of carbonyl (C=O) groups excluding carboxylic acids is 1.